The smallest absolute Gasteiger partial charge is 0.416 e. The zero-order valence-electron chi connectivity index (χ0n) is 33.2. The molecule has 2 aliphatic rings. The van der Waals surface area contributed by atoms with Crippen molar-refractivity contribution >= 4 is 61.3 Å². The van der Waals surface area contributed by atoms with Crippen LogP contribution in [0.15, 0.2) is 82.8 Å². The molecular weight excluding hydrogens is 797 g/mol. The average molecular weight is 841 g/mol. The number of aromatic nitrogens is 6. The maximum absolute atomic E-state index is 13.1. The fraction of sp³-hybridized carbons (Fsp3) is 0.341. The monoisotopic (exact) mass is 840 g/mol. The maximum Gasteiger partial charge on any atom is 0.416 e. The van der Waals surface area contributed by atoms with E-state index in [4.69, 9.17) is 4.74 Å². The summed E-state index contributed by atoms with van der Waals surface area (Å²) in [6.07, 6.45) is 7.52. The summed E-state index contributed by atoms with van der Waals surface area (Å²) in [6, 6.07) is 17.0. The highest BCUT2D eigenvalue weighted by Gasteiger charge is 2.38. The number of carbonyl (C=O) groups excluding carboxylic acids is 3. The molecule has 59 heavy (non-hydrogen) atoms. The van der Waals surface area contributed by atoms with Gasteiger partial charge in [-0.05, 0) is 70.7 Å². The van der Waals surface area contributed by atoms with Gasteiger partial charge in [0.15, 0.2) is 43.5 Å². The van der Waals surface area contributed by atoms with Gasteiger partial charge in [0.05, 0.1) is 56.2 Å². The third-order valence-electron chi connectivity index (χ3n) is 9.65. The summed E-state index contributed by atoms with van der Waals surface area (Å²) < 4.78 is 57.9. The van der Waals surface area contributed by atoms with Gasteiger partial charge in [0, 0.05) is 35.3 Å². The van der Waals surface area contributed by atoms with Gasteiger partial charge in [-0.15, -0.1) is 0 Å². The third kappa shape index (κ3) is 8.88. The minimum absolute atomic E-state index is 0.0276. The van der Waals surface area contributed by atoms with E-state index in [9.17, 15) is 31.2 Å². The number of nitrogens with zero attached hydrogens (tertiary/aromatic N) is 7. The summed E-state index contributed by atoms with van der Waals surface area (Å²) in [5.41, 5.74) is 2.92. The lowest BCUT2D eigenvalue weighted by molar-refractivity contribution is 0.0575. The topological polar surface area (TPSA) is 204 Å². The number of rotatable bonds is 12. The number of nitrogens with one attached hydrogen (secondary N) is 1. The van der Waals surface area contributed by atoms with Crippen molar-refractivity contribution < 1.29 is 36.0 Å². The second-order valence-corrected chi connectivity index (χ2v) is 19.9. The lowest BCUT2D eigenvalue weighted by Crippen LogP contribution is -2.39. The number of benzene rings is 2. The number of hydrogen-bond acceptors (Lipinski definition) is 13. The Morgan fingerprint density at radius 1 is 0.780 bits per heavy atom. The predicted molar refractivity (Wildman–Crippen MR) is 221 cm³/mol. The summed E-state index contributed by atoms with van der Waals surface area (Å²) in [5, 5.41) is 11.9. The average Bonchev–Trinajstić information content (AvgIpc) is 4.15. The summed E-state index contributed by atoms with van der Waals surface area (Å²) in [5.74, 6) is 1.16. The van der Waals surface area contributed by atoms with Crippen LogP contribution in [0.1, 0.15) is 81.0 Å². The van der Waals surface area contributed by atoms with E-state index in [-0.39, 0.29) is 38.5 Å². The molecule has 18 heteroatoms. The van der Waals surface area contributed by atoms with Gasteiger partial charge in [0.25, 0.3) is 0 Å². The first-order valence-electron chi connectivity index (χ1n) is 19.2. The minimum Gasteiger partial charge on any atom is -0.443 e. The molecule has 2 aliphatic carbocycles. The molecule has 0 saturated heterocycles. The van der Waals surface area contributed by atoms with Crippen molar-refractivity contribution in [1.82, 2.24) is 29.2 Å². The van der Waals surface area contributed by atoms with Crippen LogP contribution in [0.25, 0.3) is 33.8 Å². The number of aldehydes is 2. The van der Waals surface area contributed by atoms with Gasteiger partial charge in [-0.2, -0.15) is 19.2 Å². The van der Waals surface area contributed by atoms with Crippen LogP contribution in [0.2, 0.25) is 0 Å². The highest BCUT2D eigenvalue weighted by atomic mass is 32.2. The van der Waals surface area contributed by atoms with E-state index in [2.05, 4.69) is 25.5 Å². The minimum atomic E-state index is -3.42. The molecule has 1 amide bonds. The van der Waals surface area contributed by atoms with Gasteiger partial charge in [-0.1, -0.05) is 38.1 Å². The van der Waals surface area contributed by atoms with Crippen molar-refractivity contribution in [3.8, 4) is 22.5 Å². The molecule has 2 fully saturated rings. The molecule has 0 bridgehead atoms. The van der Waals surface area contributed by atoms with E-state index in [0.29, 0.717) is 51.9 Å². The van der Waals surface area contributed by atoms with E-state index in [1.54, 1.807) is 81.6 Å². The molecule has 0 unspecified atom stereocenters. The van der Waals surface area contributed by atoms with E-state index in [1.807, 2.05) is 12.1 Å². The van der Waals surface area contributed by atoms with Crippen LogP contribution in [0.4, 0.5) is 16.4 Å². The number of sulfone groups is 2. The normalized spacial score (nSPS) is 14.4. The SMILES string of the molecule is CCS(=O)(=O)c1cccc(-c2cc(N(C(=O)OC(C)(C)C)C3CC3)n3ncc(C=O)c3n2)c1.CCS(=O)(=O)c1cccc(-c2cc(NC3CC3)n3ncc(C=O)c3n2)c1. The Hall–Kier alpha value is -6.01. The molecule has 308 valence electrons. The molecule has 0 spiro atoms. The van der Waals surface area contributed by atoms with Gasteiger partial charge < -0.3 is 10.1 Å². The second-order valence-electron chi connectivity index (χ2n) is 15.3. The van der Waals surface area contributed by atoms with E-state index in [0.717, 1.165) is 37.8 Å². The first-order chi connectivity index (χ1) is 28.0. The third-order valence-corrected chi connectivity index (χ3v) is 13.1. The lowest BCUT2D eigenvalue weighted by atomic mass is 10.1. The van der Waals surface area contributed by atoms with E-state index < -0.39 is 31.4 Å². The molecule has 2 aromatic carbocycles. The Kier molecular flexibility index (Phi) is 11.1. The molecule has 0 atom stereocenters. The van der Waals surface area contributed by atoms with Crippen LogP contribution in [0.3, 0.4) is 0 Å². The molecule has 4 aromatic heterocycles. The van der Waals surface area contributed by atoms with Crippen LogP contribution in [0.5, 0.6) is 0 Å². The summed E-state index contributed by atoms with van der Waals surface area (Å²) in [6.45, 7) is 8.58. The van der Waals surface area contributed by atoms with Gasteiger partial charge in [0.2, 0.25) is 0 Å². The quantitative estimate of drug-likeness (QED) is 0.131. The largest absolute Gasteiger partial charge is 0.443 e. The van der Waals surface area contributed by atoms with E-state index in [1.165, 1.54) is 27.9 Å². The highest BCUT2D eigenvalue weighted by Crippen LogP contribution is 2.36. The Bertz CT molecular complexity index is 2820. The first-order valence-corrected chi connectivity index (χ1v) is 22.5. The van der Waals surface area contributed by atoms with Crippen LogP contribution in [0, 0.1) is 0 Å². The van der Waals surface area contributed by atoms with Crippen molar-refractivity contribution in [2.24, 2.45) is 0 Å². The molecule has 0 radical (unpaired) electrons. The molecule has 2 saturated carbocycles. The van der Waals surface area contributed by atoms with E-state index >= 15 is 0 Å². The molecular formula is C41H44N8O8S2. The van der Waals surface area contributed by atoms with Crippen LogP contribution >= 0.6 is 0 Å². The van der Waals surface area contributed by atoms with Crippen molar-refractivity contribution in [1.29, 1.82) is 0 Å². The molecule has 6 aromatic rings. The molecule has 8 rings (SSSR count). The Balaban J connectivity index is 0.000000184. The van der Waals surface area contributed by atoms with Gasteiger partial charge in [-0.25, -0.2) is 31.6 Å². The zero-order valence-corrected chi connectivity index (χ0v) is 34.8. The zero-order chi connectivity index (χ0) is 42.3. The number of anilines is 2. The van der Waals surface area contributed by atoms with Gasteiger partial charge in [0.1, 0.15) is 17.2 Å². The number of amides is 1. The van der Waals surface area contributed by atoms with Crippen LogP contribution in [-0.4, -0.2) is 93.9 Å². The maximum atomic E-state index is 13.1. The number of carbonyl (C=O) groups is 3. The van der Waals surface area contributed by atoms with Crippen molar-refractivity contribution in [2.45, 2.75) is 87.8 Å². The van der Waals surface area contributed by atoms with Crippen molar-refractivity contribution in [3.63, 3.8) is 0 Å². The summed E-state index contributed by atoms with van der Waals surface area (Å²) in [4.78, 5) is 47.2. The fourth-order valence-electron chi connectivity index (χ4n) is 6.22. The first kappa shape index (κ1) is 41.2. The Morgan fingerprint density at radius 3 is 1.76 bits per heavy atom. The molecule has 4 heterocycles. The number of ether oxygens (including phenoxy) is 1. The summed E-state index contributed by atoms with van der Waals surface area (Å²) >= 11 is 0. The molecule has 1 N–H and O–H groups in total. The molecule has 16 nitrogen and oxygen atoms in total. The highest BCUT2D eigenvalue weighted by molar-refractivity contribution is 7.91. The van der Waals surface area contributed by atoms with Crippen molar-refractivity contribution in [3.05, 3.63) is 84.2 Å². The summed E-state index contributed by atoms with van der Waals surface area (Å²) in [7, 11) is -6.73. The number of fused-ring (bicyclic) bond motifs is 2. The van der Waals surface area contributed by atoms with Crippen LogP contribution < -0.4 is 10.2 Å². The van der Waals surface area contributed by atoms with Crippen molar-refractivity contribution in [2.75, 3.05) is 21.7 Å². The van der Waals surface area contributed by atoms with Gasteiger partial charge >= 0.3 is 6.09 Å². The lowest BCUT2D eigenvalue weighted by Gasteiger charge is -2.27. The van der Waals surface area contributed by atoms with Gasteiger partial charge in [-0.3, -0.25) is 14.5 Å². The second kappa shape index (κ2) is 16.0. The Morgan fingerprint density at radius 2 is 1.29 bits per heavy atom. The number of hydrogen-bond donors (Lipinski definition) is 1. The molecule has 0 aliphatic heterocycles. The standard InChI is InChI=1S/C23H26N4O5S.C18H18N4O3S/c1-5-33(30,31)18-8-6-7-15(11-18)19-12-20(27-21(25-19)16(14-28)13-24-27)26(17-9-10-17)22(29)32-23(2,3)4;1-2-26(24,25)15-5-3-4-12(8-15)16-9-17(20-14-6-7-14)22-18(21-16)13(11-23)10-19-22/h6-8,11-14,17H,5,9-10H2,1-4H3;3-5,8-11,14,20H,2,6-7H2,1H3. The Labute approximate surface area is 341 Å². The fourth-order valence-corrected chi connectivity index (χ4v) is 8.07. The van der Waals surface area contributed by atoms with Crippen LogP contribution in [-0.2, 0) is 24.4 Å². The predicted octanol–water partition coefficient (Wildman–Crippen LogP) is 6.48.